The predicted molar refractivity (Wildman–Crippen MR) is 84.9 cm³/mol. The minimum absolute atomic E-state index is 0.0240. The first kappa shape index (κ1) is 15.0. The third-order valence-corrected chi connectivity index (χ3v) is 4.38. The van der Waals surface area contributed by atoms with Gasteiger partial charge in [0, 0.05) is 37.9 Å². The normalized spacial score (nSPS) is 19.0. The van der Waals surface area contributed by atoms with Crippen LogP contribution in [-0.4, -0.2) is 47.6 Å². The fourth-order valence-corrected chi connectivity index (χ4v) is 3.24. The van der Waals surface area contributed by atoms with Crippen LogP contribution in [0.15, 0.2) is 30.5 Å². The Morgan fingerprint density at radius 3 is 3.04 bits per heavy atom. The molecule has 0 unspecified atom stereocenters. The van der Waals surface area contributed by atoms with E-state index in [1.54, 1.807) is 31.5 Å². The van der Waals surface area contributed by atoms with Crippen LogP contribution >= 0.6 is 0 Å². The highest BCUT2D eigenvalue weighted by Crippen LogP contribution is 2.33. The van der Waals surface area contributed by atoms with Crippen LogP contribution in [0.25, 0.3) is 0 Å². The van der Waals surface area contributed by atoms with Crippen LogP contribution in [0.4, 0.5) is 0 Å². The van der Waals surface area contributed by atoms with Gasteiger partial charge in [-0.2, -0.15) is 5.10 Å². The summed E-state index contributed by atoms with van der Waals surface area (Å²) < 4.78 is 17.9. The average molecular weight is 329 g/mol. The second kappa shape index (κ2) is 6.16. The lowest BCUT2D eigenvalue weighted by molar-refractivity contribution is 0.0666. The van der Waals surface area contributed by atoms with Crippen molar-refractivity contribution >= 4 is 5.91 Å². The molecule has 7 heteroatoms. The van der Waals surface area contributed by atoms with Crippen molar-refractivity contribution in [2.24, 2.45) is 5.92 Å². The fraction of sp³-hybridized carbons (Fsp3) is 0.412. The van der Waals surface area contributed by atoms with Gasteiger partial charge < -0.3 is 19.1 Å². The number of ether oxygens (including phenoxy) is 3. The molecule has 1 atom stereocenters. The SMILES string of the molecule is COC[C@H]1CN(C(=O)c2ccc3c(c2)OCO3)Cc2ccnn2C1. The largest absolute Gasteiger partial charge is 0.454 e. The Labute approximate surface area is 139 Å². The van der Waals surface area contributed by atoms with Gasteiger partial charge in [-0.15, -0.1) is 0 Å². The number of rotatable bonds is 3. The molecule has 2 aliphatic rings. The second-order valence-corrected chi connectivity index (χ2v) is 6.08. The molecular weight excluding hydrogens is 310 g/mol. The zero-order chi connectivity index (χ0) is 16.5. The van der Waals surface area contributed by atoms with Crippen molar-refractivity contribution in [1.82, 2.24) is 14.7 Å². The standard InChI is InChI=1S/C17H19N3O4/c1-22-10-12-7-19(9-14-4-5-18-20(14)8-12)17(21)13-2-3-15-16(6-13)24-11-23-15/h2-6,12H,7-11H2,1H3/t12-/m0/s1. The highest BCUT2D eigenvalue weighted by atomic mass is 16.7. The zero-order valence-corrected chi connectivity index (χ0v) is 13.5. The number of hydrogen-bond donors (Lipinski definition) is 0. The lowest BCUT2D eigenvalue weighted by atomic mass is 10.1. The van der Waals surface area contributed by atoms with E-state index in [4.69, 9.17) is 14.2 Å². The van der Waals surface area contributed by atoms with Gasteiger partial charge in [0.25, 0.3) is 5.91 Å². The summed E-state index contributed by atoms with van der Waals surface area (Å²) in [6.07, 6.45) is 1.77. The van der Waals surface area contributed by atoms with Crippen LogP contribution in [-0.2, 0) is 17.8 Å². The zero-order valence-electron chi connectivity index (χ0n) is 13.5. The molecule has 2 aliphatic heterocycles. The molecule has 4 rings (SSSR count). The summed E-state index contributed by atoms with van der Waals surface area (Å²) in [6.45, 7) is 2.70. The van der Waals surface area contributed by atoms with E-state index in [9.17, 15) is 4.79 Å². The molecule has 126 valence electrons. The van der Waals surface area contributed by atoms with Crippen LogP contribution in [0.3, 0.4) is 0 Å². The summed E-state index contributed by atoms with van der Waals surface area (Å²) in [5.74, 6) is 1.48. The molecule has 0 saturated carbocycles. The minimum Gasteiger partial charge on any atom is -0.454 e. The molecule has 7 nitrogen and oxygen atoms in total. The first-order chi connectivity index (χ1) is 11.7. The van der Waals surface area contributed by atoms with Crippen molar-refractivity contribution < 1.29 is 19.0 Å². The maximum absolute atomic E-state index is 13.0. The third-order valence-electron chi connectivity index (χ3n) is 4.38. The van der Waals surface area contributed by atoms with E-state index in [1.165, 1.54) is 0 Å². The maximum atomic E-state index is 13.0. The quantitative estimate of drug-likeness (QED) is 0.854. The summed E-state index contributed by atoms with van der Waals surface area (Å²) in [6, 6.07) is 7.26. The van der Waals surface area contributed by atoms with E-state index in [1.807, 2.05) is 15.6 Å². The van der Waals surface area contributed by atoms with E-state index in [0.29, 0.717) is 36.8 Å². The molecule has 0 radical (unpaired) electrons. The molecule has 3 heterocycles. The molecule has 1 aromatic heterocycles. The first-order valence-corrected chi connectivity index (χ1v) is 7.93. The number of aromatic nitrogens is 2. The third kappa shape index (κ3) is 2.71. The van der Waals surface area contributed by atoms with Gasteiger partial charge in [-0.25, -0.2) is 0 Å². The van der Waals surface area contributed by atoms with Crippen molar-refractivity contribution in [3.63, 3.8) is 0 Å². The Morgan fingerprint density at radius 1 is 1.29 bits per heavy atom. The molecule has 0 fully saturated rings. The van der Waals surface area contributed by atoms with E-state index in [0.717, 1.165) is 12.2 Å². The van der Waals surface area contributed by atoms with Crippen molar-refractivity contribution in [2.75, 3.05) is 27.1 Å². The Hall–Kier alpha value is -2.54. The van der Waals surface area contributed by atoms with Crippen LogP contribution in [0.2, 0.25) is 0 Å². The fourth-order valence-electron chi connectivity index (χ4n) is 3.24. The number of fused-ring (bicyclic) bond motifs is 2. The Kier molecular flexibility index (Phi) is 3.86. The lowest BCUT2D eigenvalue weighted by Crippen LogP contribution is -2.35. The summed E-state index contributed by atoms with van der Waals surface area (Å²) in [5, 5.41) is 4.35. The molecule has 2 aromatic rings. The Bertz CT molecular complexity index is 758. The van der Waals surface area contributed by atoms with Crippen LogP contribution in [0, 0.1) is 5.92 Å². The summed E-state index contributed by atoms with van der Waals surface area (Å²) in [4.78, 5) is 14.8. The number of carbonyl (C=O) groups is 1. The van der Waals surface area contributed by atoms with Crippen molar-refractivity contribution in [1.29, 1.82) is 0 Å². The van der Waals surface area contributed by atoms with Gasteiger partial charge in [-0.3, -0.25) is 9.48 Å². The van der Waals surface area contributed by atoms with Gasteiger partial charge in [-0.1, -0.05) is 0 Å². The molecule has 0 N–H and O–H groups in total. The second-order valence-electron chi connectivity index (χ2n) is 6.08. The number of carbonyl (C=O) groups excluding carboxylic acids is 1. The van der Waals surface area contributed by atoms with Gasteiger partial charge >= 0.3 is 0 Å². The molecule has 0 saturated heterocycles. The Balaban J connectivity index is 1.60. The monoisotopic (exact) mass is 329 g/mol. The molecule has 1 aromatic carbocycles. The summed E-state index contributed by atoms with van der Waals surface area (Å²) in [7, 11) is 1.68. The number of benzene rings is 1. The topological polar surface area (TPSA) is 65.8 Å². The smallest absolute Gasteiger partial charge is 0.254 e. The van der Waals surface area contributed by atoms with Crippen molar-refractivity contribution in [3.05, 3.63) is 41.7 Å². The van der Waals surface area contributed by atoms with Crippen molar-refractivity contribution in [3.8, 4) is 11.5 Å². The van der Waals surface area contributed by atoms with Crippen LogP contribution in [0.5, 0.6) is 11.5 Å². The highest BCUT2D eigenvalue weighted by molar-refractivity contribution is 5.95. The maximum Gasteiger partial charge on any atom is 0.254 e. The van der Waals surface area contributed by atoms with E-state index in [-0.39, 0.29) is 18.6 Å². The average Bonchev–Trinajstić information content (AvgIpc) is 3.19. The number of nitrogens with zero attached hydrogens (tertiary/aromatic N) is 3. The van der Waals surface area contributed by atoms with Gasteiger partial charge in [0.05, 0.1) is 18.8 Å². The Morgan fingerprint density at radius 2 is 2.17 bits per heavy atom. The minimum atomic E-state index is -0.0240. The van der Waals surface area contributed by atoms with Gasteiger partial charge in [0.15, 0.2) is 11.5 Å². The number of methoxy groups -OCH3 is 1. The van der Waals surface area contributed by atoms with Crippen LogP contribution in [0.1, 0.15) is 16.1 Å². The van der Waals surface area contributed by atoms with Gasteiger partial charge in [-0.05, 0) is 24.3 Å². The highest BCUT2D eigenvalue weighted by Gasteiger charge is 2.27. The molecule has 0 bridgehead atoms. The first-order valence-electron chi connectivity index (χ1n) is 7.93. The molecule has 0 spiro atoms. The summed E-state index contributed by atoms with van der Waals surface area (Å²) >= 11 is 0. The lowest BCUT2D eigenvalue weighted by Gasteiger charge is -2.24. The molecular formula is C17H19N3O4. The van der Waals surface area contributed by atoms with E-state index < -0.39 is 0 Å². The van der Waals surface area contributed by atoms with Crippen molar-refractivity contribution in [2.45, 2.75) is 13.1 Å². The molecule has 0 aliphatic carbocycles. The van der Waals surface area contributed by atoms with Crippen LogP contribution < -0.4 is 9.47 Å². The molecule has 1 amide bonds. The predicted octanol–water partition coefficient (Wildman–Crippen LogP) is 1.53. The van der Waals surface area contributed by atoms with Gasteiger partial charge in [0.2, 0.25) is 6.79 Å². The summed E-state index contributed by atoms with van der Waals surface area (Å²) in [5.41, 5.74) is 1.63. The number of hydrogen-bond acceptors (Lipinski definition) is 5. The number of amides is 1. The van der Waals surface area contributed by atoms with E-state index >= 15 is 0 Å². The van der Waals surface area contributed by atoms with Gasteiger partial charge in [0.1, 0.15) is 0 Å². The van der Waals surface area contributed by atoms with E-state index in [2.05, 4.69) is 5.10 Å². The molecule has 24 heavy (non-hydrogen) atoms.